The molecule has 2 atom stereocenters. The molecule has 0 spiro atoms. The molecule has 1 aliphatic rings. The maximum absolute atomic E-state index is 8.75. The summed E-state index contributed by atoms with van der Waals surface area (Å²) in [6.07, 6.45) is 3.65. The van der Waals surface area contributed by atoms with Crippen LogP contribution in [0.25, 0.3) is 0 Å². The van der Waals surface area contributed by atoms with Gasteiger partial charge in [-0.15, -0.1) is 0 Å². The van der Waals surface area contributed by atoms with Crippen LogP contribution in [-0.2, 0) is 0 Å². The molecule has 0 aliphatic heterocycles. The Kier molecular flexibility index (Phi) is 3.74. The van der Waals surface area contributed by atoms with Crippen molar-refractivity contribution >= 4 is 0 Å². The molecule has 2 unspecified atom stereocenters. The maximum Gasteiger partial charge on any atom is 0.0434 e. The van der Waals surface area contributed by atoms with Crippen LogP contribution in [0.3, 0.4) is 0 Å². The van der Waals surface area contributed by atoms with Gasteiger partial charge >= 0.3 is 0 Å². The smallest absolute Gasteiger partial charge is 0.0434 e. The van der Waals surface area contributed by atoms with E-state index in [0.29, 0.717) is 24.0 Å². The Morgan fingerprint density at radius 2 is 2.00 bits per heavy atom. The molecule has 0 amide bonds. The third-order valence-electron chi connectivity index (χ3n) is 3.48. The van der Waals surface area contributed by atoms with Gasteiger partial charge in [-0.1, -0.05) is 13.8 Å². The fourth-order valence-electron chi connectivity index (χ4n) is 1.58. The Hall–Kier alpha value is -0.0800. The Bertz CT molecular complexity index is 154. The van der Waals surface area contributed by atoms with Crippen LogP contribution in [-0.4, -0.2) is 24.3 Å². The summed E-state index contributed by atoms with van der Waals surface area (Å²) in [7, 11) is 0. The second-order valence-electron chi connectivity index (χ2n) is 4.90. The van der Waals surface area contributed by atoms with Crippen molar-refractivity contribution in [1.82, 2.24) is 5.32 Å². The van der Waals surface area contributed by atoms with E-state index in [-0.39, 0.29) is 0 Å². The second-order valence-corrected chi connectivity index (χ2v) is 4.90. The highest BCUT2D eigenvalue weighted by Gasteiger charge is 2.42. The van der Waals surface area contributed by atoms with Gasteiger partial charge in [-0.2, -0.15) is 0 Å². The summed E-state index contributed by atoms with van der Waals surface area (Å²) in [4.78, 5) is 0. The molecule has 13 heavy (non-hydrogen) atoms. The zero-order valence-corrected chi connectivity index (χ0v) is 9.14. The molecule has 0 bridgehead atoms. The topological polar surface area (TPSA) is 32.3 Å². The number of aliphatic hydroxyl groups is 1. The van der Waals surface area contributed by atoms with Crippen molar-refractivity contribution in [1.29, 1.82) is 0 Å². The summed E-state index contributed by atoms with van der Waals surface area (Å²) in [5.74, 6) is 0.592. The highest BCUT2D eigenvalue weighted by Crippen LogP contribution is 2.47. The first-order valence-electron chi connectivity index (χ1n) is 5.43. The SMILES string of the molecule is CC(CCO)CNC(C)C1(C)CC1. The van der Waals surface area contributed by atoms with E-state index < -0.39 is 0 Å². The van der Waals surface area contributed by atoms with Gasteiger partial charge in [0.05, 0.1) is 0 Å². The van der Waals surface area contributed by atoms with E-state index in [1.165, 1.54) is 12.8 Å². The van der Waals surface area contributed by atoms with E-state index in [2.05, 4.69) is 26.1 Å². The quantitative estimate of drug-likeness (QED) is 0.661. The van der Waals surface area contributed by atoms with Gasteiger partial charge < -0.3 is 10.4 Å². The van der Waals surface area contributed by atoms with Crippen molar-refractivity contribution in [3.05, 3.63) is 0 Å². The molecule has 1 rings (SSSR count). The highest BCUT2D eigenvalue weighted by atomic mass is 16.3. The molecule has 78 valence electrons. The summed E-state index contributed by atoms with van der Waals surface area (Å²) in [5, 5.41) is 12.3. The van der Waals surface area contributed by atoms with Gasteiger partial charge in [-0.05, 0) is 44.1 Å². The van der Waals surface area contributed by atoms with Gasteiger partial charge in [-0.25, -0.2) is 0 Å². The van der Waals surface area contributed by atoms with Crippen LogP contribution in [0.5, 0.6) is 0 Å². The second kappa shape index (κ2) is 4.43. The molecule has 1 fully saturated rings. The maximum atomic E-state index is 8.75. The molecule has 2 nitrogen and oxygen atoms in total. The zero-order valence-electron chi connectivity index (χ0n) is 9.14. The van der Waals surface area contributed by atoms with Crippen LogP contribution in [0.2, 0.25) is 0 Å². The van der Waals surface area contributed by atoms with Crippen LogP contribution < -0.4 is 5.32 Å². The lowest BCUT2D eigenvalue weighted by Gasteiger charge is -2.22. The average Bonchev–Trinajstić information content (AvgIpc) is 2.81. The molecule has 0 heterocycles. The van der Waals surface area contributed by atoms with Crippen LogP contribution in [0.1, 0.15) is 40.0 Å². The average molecular weight is 185 g/mol. The number of nitrogens with one attached hydrogen (secondary N) is 1. The molecule has 0 radical (unpaired) electrons. The summed E-state index contributed by atoms with van der Waals surface area (Å²) >= 11 is 0. The van der Waals surface area contributed by atoms with E-state index >= 15 is 0 Å². The van der Waals surface area contributed by atoms with E-state index in [1.54, 1.807) is 0 Å². The van der Waals surface area contributed by atoms with E-state index in [1.807, 2.05) is 0 Å². The molecule has 0 aromatic rings. The fourth-order valence-corrected chi connectivity index (χ4v) is 1.58. The molecule has 1 aliphatic carbocycles. The number of rotatable bonds is 6. The van der Waals surface area contributed by atoms with Crippen molar-refractivity contribution in [3.8, 4) is 0 Å². The van der Waals surface area contributed by atoms with Crippen molar-refractivity contribution in [3.63, 3.8) is 0 Å². The third-order valence-corrected chi connectivity index (χ3v) is 3.48. The normalized spacial score (nSPS) is 24.0. The minimum absolute atomic E-state index is 0.314. The monoisotopic (exact) mass is 185 g/mol. The van der Waals surface area contributed by atoms with E-state index in [4.69, 9.17) is 5.11 Å². The van der Waals surface area contributed by atoms with Crippen LogP contribution in [0.4, 0.5) is 0 Å². The fraction of sp³-hybridized carbons (Fsp3) is 1.00. The first-order valence-corrected chi connectivity index (χ1v) is 5.43. The predicted molar refractivity (Wildman–Crippen MR) is 55.7 cm³/mol. The summed E-state index contributed by atoms with van der Waals surface area (Å²) < 4.78 is 0. The van der Waals surface area contributed by atoms with Crippen molar-refractivity contribution in [2.75, 3.05) is 13.2 Å². The van der Waals surface area contributed by atoms with Gasteiger partial charge in [0.15, 0.2) is 0 Å². The molecule has 1 saturated carbocycles. The standard InChI is InChI=1S/C11H23NO/c1-9(4-7-13)8-12-10(2)11(3)5-6-11/h9-10,12-13H,4-8H2,1-3H3. The van der Waals surface area contributed by atoms with Gasteiger partial charge in [-0.3, -0.25) is 0 Å². The minimum Gasteiger partial charge on any atom is -0.396 e. The molecular formula is C11H23NO. The van der Waals surface area contributed by atoms with Gasteiger partial charge in [0.25, 0.3) is 0 Å². The first-order chi connectivity index (χ1) is 6.08. The van der Waals surface area contributed by atoms with Crippen LogP contribution in [0.15, 0.2) is 0 Å². The van der Waals surface area contributed by atoms with Gasteiger partial charge in [0.1, 0.15) is 0 Å². The number of hydrogen-bond acceptors (Lipinski definition) is 2. The number of aliphatic hydroxyl groups excluding tert-OH is 1. The van der Waals surface area contributed by atoms with Gasteiger partial charge in [0.2, 0.25) is 0 Å². The van der Waals surface area contributed by atoms with Crippen LogP contribution >= 0.6 is 0 Å². The van der Waals surface area contributed by atoms with E-state index in [9.17, 15) is 0 Å². The minimum atomic E-state index is 0.314. The predicted octanol–water partition coefficient (Wildman–Crippen LogP) is 1.78. The summed E-state index contributed by atoms with van der Waals surface area (Å²) in [6, 6.07) is 0.633. The van der Waals surface area contributed by atoms with Gasteiger partial charge in [0, 0.05) is 12.6 Å². The lowest BCUT2D eigenvalue weighted by atomic mass is 10.00. The largest absolute Gasteiger partial charge is 0.396 e. The lowest BCUT2D eigenvalue weighted by Crippen LogP contribution is -2.36. The lowest BCUT2D eigenvalue weighted by molar-refractivity contribution is 0.253. The third kappa shape index (κ3) is 3.28. The summed E-state index contributed by atoms with van der Waals surface area (Å²) in [6.45, 7) is 8.16. The Balaban J connectivity index is 2.11. The molecule has 2 heteroatoms. The Labute approximate surface area is 81.7 Å². The molecule has 0 saturated heterocycles. The molecule has 0 aromatic heterocycles. The van der Waals surface area contributed by atoms with Crippen LogP contribution in [0, 0.1) is 11.3 Å². The Morgan fingerprint density at radius 1 is 1.38 bits per heavy atom. The molecular weight excluding hydrogens is 162 g/mol. The highest BCUT2D eigenvalue weighted by molar-refractivity contribution is 4.96. The molecule has 0 aromatic carbocycles. The Morgan fingerprint density at radius 3 is 2.46 bits per heavy atom. The van der Waals surface area contributed by atoms with Crippen molar-refractivity contribution in [2.45, 2.75) is 46.1 Å². The van der Waals surface area contributed by atoms with Crippen molar-refractivity contribution < 1.29 is 5.11 Å². The first kappa shape index (κ1) is 11.0. The summed E-state index contributed by atoms with van der Waals surface area (Å²) in [5.41, 5.74) is 0.568. The number of hydrogen-bond donors (Lipinski definition) is 2. The zero-order chi connectivity index (χ0) is 9.90. The van der Waals surface area contributed by atoms with E-state index in [0.717, 1.165) is 13.0 Å². The molecule has 2 N–H and O–H groups in total. The van der Waals surface area contributed by atoms with Crippen molar-refractivity contribution in [2.24, 2.45) is 11.3 Å².